The summed E-state index contributed by atoms with van der Waals surface area (Å²) in [5, 5.41) is 8.48. The molecule has 1 aromatic heterocycles. The minimum Gasteiger partial charge on any atom is -0.267 e. The third-order valence-corrected chi connectivity index (χ3v) is 4.68. The van der Waals surface area contributed by atoms with Gasteiger partial charge in [0, 0.05) is 11.8 Å². The number of halogens is 2. The Morgan fingerprint density at radius 2 is 1.52 bits per heavy atom. The monoisotopic (exact) mass is 416 g/mol. The quantitative estimate of drug-likeness (QED) is 0.369. The second kappa shape index (κ2) is 8.71. The van der Waals surface area contributed by atoms with E-state index in [2.05, 4.69) is 15.6 Å². The Morgan fingerprint density at radius 1 is 0.903 bits per heavy atom. The Kier molecular flexibility index (Phi) is 5.66. The Bertz CT molecular complexity index is 1230. The molecule has 0 atom stereocenters. The predicted octanol–water partition coefficient (Wildman–Crippen LogP) is 4.97. The topological polar surface area (TPSA) is 59.3 Å². The molecule has 0 fully saturated rings. The molecule has 4 aromatic rings. The van der Waals surface area contributed by atoms with Gasteiger partial charge < -0.3 is 0 Å². The largest absolute Gasteiger partial charge is 0.275 e. The van der Waals surface area contributed by atoms with E-state index in [-0.39, 0.29) is 16.8 Å². The summed E-state index contributed by atoms with van der Waals surface area (Å²) in [4.78, 5) is 12.9. The molecule has 31 heavy (non-hydrogen) atoms. The highest BCUT2D eigenvalue weighted by Gasteiger charge is 2.19. The van der Waals surface area contributed by atoms with Crippen LogP contribution in [-0.2, 0) is 0 Å². The molecule has 7 heteroatoms. The van der Waals surface area contributed by atoms with Crippen LogP contribution in [0.25, 0.3) is 16.9 Å². The summed E-state index contributed by atoms with van der Waals surface area (Å²) >= 11 is 0. The molecule has 0 saturated carbocycles. The zero-order valence-electron chi connectivity index (χ0n) is 16.6. The number of nitrogens with zero attached hydrogens (tertiary/aromatic N) is 3. The van der Waals surface area contributed by atoms with Crippen molar-refractivity contribution in [1.29, 1.82) is 0 Å². The molecule has 5 nitrogen and oxygen atoms in total. The minimum atomic E-state index is -0.752. The van der Waals surface area contributed by atoms with Crippen molar-refractivity contribution in [2.24, 2.45) is 5.10 Å². The molecule has 0 bridgehead atoms. The van der Waals surface area contributed by atoms with Crippen molar-refractivity contribution in [2.75, 3.05) is 0 Å². The van der Waals surface area contributed by atoms with Crippen molar-refractivity contribution in [3.8, 4) is 16.9 Å². The van der Waals surface area contributed by atoms with E-state index in [1.54, 1.807) is 10.9 Å². The first-order valence-corrected chi connectivity index (χ1v) is 9.54. The molecule has 4 rings (SSSR count). The normalized spacial score (nSPS) is 11.4. The predicted molar refractivity (Wildman–Crippen MR) is 115 cm³/mol. The molecular formula is C24H18F2N4O. The highest BCUT2D eigenvalue weighted by Crippen LogP contribution is 2.23. The van der Waals surface area contributed by atoms with E-state index < -0.39 is 17.5 Å². The van der Waals surface area contributed by atoms with Gasteiger partial charge in [-0.15, -0.1) is 0 Å². The number of nitrogens with one attached hydrogen (secondary N) is 1. The highest BCUT2D eigenvalue weighted by molar-refractivity contribution is 6.03. The van der Waals surface area contributed by atoms with Crippen LogP contribution in [0.3, 0.4) is 0 Å². The molecule has 0 radical (unpaired) electrons. The van der Waals surface area contributed by atoms with Crippen molar-refractivity contribution >= 4 is 11.6 Å². The van der Waals surface area contributed by atoms with Crippen LogP contribution in [0.5, 0.6) is 0 Å². The molecule has 0 aliphatic rings. The summed E-state index contributed by atoms with van der Waals surface area (Å²) in [6.07, 6.45) is 1.60. The van der Waals surface area contributed by atoms with Gasteiger partial charge in [0.2, 0.25) is 0 Å². The van der Waals surface area contributed by atoms with Gasteiger partial charge >= 0.3 is 0 Å². The van der Waals surface area contributed by atoms with Crippen LogP contribution in [0.4, 0.5) is 8.78 Å². The molecule has 3 aromatic carbocycles. The van der Waals surface area contributed by atoms with Crippen molar-refractivity contribution < 1.29 is 13.6 Å². The second-order valence-electron chi connectivity index (χ2n) is 6.77. The van der Waals surface area contributed by atoms with Gasteiger partial charge in [0.25, 0.3) is 5.91 Å². The molecule has 0 aliphatic carbocycles. The molecule has 154 valence electrons. The van der Waals surface area contributed by atoms with Crippen LogP contribution in [0, 0.1) is 11.6 Å². The van der Waals surface area contributed by atoms with Crippen LogP contribution in [0.15, 0.2) is 90.2 Å². The lowest BCUT2D eigenvalue weighted by Gasteiger charge is -2.05. The zero-order valence-corrected chi connectivity index (χ0v) is 16.6. The number of carbonyl (C=O) groups excluding carboxylic acids is 1. The molecule has 0 aliphatic heterocycles. The Labute approximate surface area is 177 Å². The van der Waals surface area contributed by atoms with E-state index in [0.29, 0.717) is 5.69 Å². The van der Waals surface area contributed by atoms with Crippen molar-refractivity contribution in [3.63, 3.8) is 0 Å². The minimum absolute atomic E-state index is 0.0145. The molecule has 1 N–H and O–H groups in total. The number of rotatable bonds is 5. The number of carbonyl (C=O) groups is 1. The fourth-order valence-corrected chi connectivity index (χ4v) is 3.16. The van der Waals surface area contributed by atoms with Crippen LogP contribution in [-0.4, -0.2) is 21.4 Å². The molecule has 0 spiro atoms. The number of para-hydroxylation sites is 1. The maximum atomic E-state index is 14.0. The second-order valence-corrected chi connectivity index (χ2v) is 6.77. The lowest BCUT2D eigenvalue weighted by molar-refractivity contribution is 0.0955. The van der Waals surface area contributed by atoms with Gasteiger partial charge in [-0.3, -0.25) is 4.79 Å². The molecule has 1 heterocycles. The van der Waals surface area contributed by atoms with Crippen LogP contribution < -0.4 is 5.43 Å². The van der Waals surface area contributed by atoms with E-state index in [1.165, 1.54) is 13.0 Å². The zero-order chi connectivity index (χ0) is 21.8. The first-order chi connectivity index (χ1) is 15.0. The summed E-state index contributed by atoms with van der Waals surface area (Å²) in [6, 6.07) is 22.2. The average Bonchev–Trinajstić information content (AvgIpc) is 3.24. The van der Waals surface area contributed by atoms with Gasteiger partial charge in [-0.25, -0.2) is 18.9 Å². The summed E-state index contributed by atoms with van der Waals surface area (Å²) in [6.45, 7) is 1.42. The number of benzene rings is 3. The summed E-state index contributed by atoms with van der Waals surface area (Å²) in [7, 11) is 0. The molecule has 0 unspecified atom stereocenters. The number of hydrogen-bond acceptors (Lipinski definition) is 3. The fourth-order valence-electron chi connectivity index (χ4n) is 3.16. The third kappa shape index (κ3) is 4.25. The van der Waals surface area contributed by atoms with E-state index >= 15 is 0 Å². The average molecular weight is 416 g/mol. The lowest BCUT2D eigenvalue weighted by Crippen LogP contribution is -2.20. The van der Waals surface area contributed by atoms with E-state index in [9.17, 15) is 13.6 Å². The Hall–Kier alpha value is -4.13. The fraction of sp³-hybridized carbons (Fsp3) is 0.0417. The Morgan fingerprint density at radius 3 is 2.16 bits per heavy atom. The smallest absolute Gasteiger partial charge is 0.267 e. The van der Waals surface area contributed by atoms with Crippen LogP contribution in [0.1, 0.15) is 22.8 Å². The van der Waals surface area contributed by atoms with Crippen molar-refractivity contribution in [3.05, 3.63) is 108 Å². The molecular weight excluding hydrogens is 398 g/mol. The van der Waals surface area contributed by atoms with Gasteiger partial charge in [-0.1, -0.05) is 54.6 Å². The maximum Gasteiger partial charge on any atom is 0.275 e. The van der Waals surface area contributed by atoms with Gasteiger partial charge in [0.05, 0.1) is 22.5 Å². The third-order valence-electron chi connectivity index (χ3n) is 4.68. The maximum absolute atomic E-state index is 14.0. The van der Waals surface area contributed by atoms with Gasteiger partial charge in [-0.2, -0.15) is 10.2 Å². The number of hydrazone groups is 1. The van der Waals surface area contributed by atoms with Crippen LogP contribution in [0.2, 0.25) is 0 Å². The first-order valence-electron chi connectivity index (χ1n) is 9.54. The van der Waals surface area contributed by atoms with E-state index in [0.717, 1.165) is 23.4 Å². The lowest BCUT2D eigenvalue weighted by atomic mass is 10.1. The van der Waals surface area contributed by atoms with Crippen LogP contribution >= 0.6 is 0 Å². The van der Waals surface area contributed by atoms with Crippen molar-refractivity contribution in [2.45, 2.75) is 6.92 Å². The molecule has 1 amide bonds. The van der Waals surface area contributed by atoms with Gasteiger partial charge in [-0.05, 0) is 31.2 Å². The summed E-state index contributed by atoms with van der Waals surface area (Å²) < 4.78 is 29.6. The number of aromatic nitrogens is 2. The van der Waals surface area contributed by atoms with Crippen molar-refractivity contribution in [1.82, 2.24) is 15.2 Å². The SMILES string of the molecule is CC(=NNC(=O)c1cn(-c2ccccc2)nc1-c1ccccc1)c1c(F)cccc1F. The van der Waals surface area contributed by atoms with E-state index in [4.69, 9.17) is 0 Å². The van der Waals surface area contributed by atoms with Gasteiger partial charge in [0.1, 0.15) is 17.3 Å². The van der Waals surface area contributed by atoms with Gasteiger partial charge in [0.15, 0.2) is 0 Å². The number of hydrogen-bond donors (Lipinski definition) is 1. The summed E-state index contributed by atoms with van der Waals surface area (Å²) in [5.74, 6) is -2.05. The summed E-state index contributed by atoms with van der Waals surface area (Å²) in [5.41, 5.74) is 4.40. The highest BCUT2D eigenvalue weighted by atomic mass is 19.1. The molecule has 0 saturated heterocycles. The first kappa shape index (κ1) is 20.2. The number of amides is 1. The van der Waals surface area contributed by atoms with E-state index in [1.807, 2.05) is 60.7 Å². The standard InChI is InChI=1S/C24H18F2N4O/c1-16(22-20(25)13-8-14-21(22)26)27-28-24(31)19-15-30(18-11-6-3-7-12-18)29-23(19)17-9-4-2-5-10-17/h2-15H,1H3,(H,28,31). The Balaban J connectivity index is 1.69.